The van der Waals surface area contributed by atoms with Gasteiger partial charge < -0.3 is 19.2 Å². The van der Waals surface area contributed by atoms with Gasteiger partial charge in [-0.3, -0.25) is 9.78 Å². The molecule has 0 amide bonds. The topological polar surface area (TPSA) is 73.6 Å². The van der Waals surface area contributed by atoms with Crippen molar-refractivity contribution in [3.05, 3.63) is 54.0 Å². The van der Waals surface area contributed by atoms with Gasteiger partial charge in [0.25, 0.3) is 0 Å². The average Bonchev–Trinajstić information content (AvgIpc) is 3.60. The second-order valence-corrected chi connectivity index (χ2v) is 8.77. The number of anilines is 1. The van der Waals surface area contributed by atoms with Crippen molar-refractivity contribution in [2.45, 2.75) is 59.9 Å². The molecular weight excluding hydrogens is 416 g/mol. The van der Waals surface area contributed by atoms with E-state index in [9.17, 15) is 4.79 Å². The zero-order chi connectivity index (χ0) is 23.8. The van der Waals surface area contributed by atoms with E-state index in [1.54, 1.807) is 20.0 Å². The molecule has 1 N–H and O–H groups in total. The molecule has 178 valence electrons. The minimum atomic E-state index is -0.123. The first kappa shape index (κ1) is 24.6. The van der Waals surface area contributed by atoms with Crippen molar-refractivity contribution in [3.8, 4) is 5.75 Å². The monoisotopic (exact) mass is 452 g/mol. The van der Waals surface area contributed by atoms with Gasteiger partial charge in [-0.2, -0.15) is 0 Å². The lowest BCUT2D eigenvalue weighted by Gasteiger charge is -2.22. The number of benzene rings is 1. The van der Waals surface area contributed by atoms with Crippen LogP contribution in [0.4, 0.5) is 5.69 Å². The van der Waals surface area contributed by atoms with Crippen molar-refractivity contribution in [2.24, 2.45) is 11.8 Å². The molecule has 1 atom stereocenters. The molecule has 1 unspecified atom stereocenters. The molecule has 1 aromatic carbocycles. The molecule has 0 aliphatic heterocycles. The minimum absolute atomic E-state index is 0.0856. The standard InChI is InChI=1S/C22H26N2O2.C5H10O2/c1-14(2)21(24-17-5-4-10-23-12-17)22-15(3)19-11-18(8-9-20(19)26-22)25-13-16-6-7-16;1-3-5(6)7-4-2/h4-5,8-12,14,16,21,24H,6-7,13H2,1-3H3;3-4H2,1-2H3. The van der Waals surface area contributed by atoms with E-state index in [1.807, 2.05) is 30.5 Å². The Morgan fingerprint density at radius 2 is 2.03 bits per heavy atom. The lowest BCUT2D eigenvalue weighted by atomic mass is 9.98. The Bertz CT molecular complexity index is 1030. The van der Waals surface area contributed by atoms with Crippen LogP contribution in [0.1, 0.15) is 64.3 Å². The molecule has 0 bridgehead atoms. The number of hydrogen-bond donors (Lipinski definition) is 1. The van der Waals surface area contributed by atoms with Gasteiger partial charge in [0.05, 0.1) is 24.9 Å². The summed E-state index contributed by atoms with van der Waals surface area (Å²) >= 11 is 0. The van der Waals surface area contributed by atoms with E-state index in [0.717, 1.165) is 40.7 Å². The van der Waals surface area contributed by atoms with Crippen LogP contribution in [0.2, 0.25) is 0 Å². The summed E-state index contributed by atoms with van der Waals surface area (Å²) in [5.41, 5.74) is 3.08. The molecule has 4 rings (SSSR count). The minimum Gasteiger partial charge on any atom is -0.493 e. The summed E-state index contributed by atoms with van der Waals surface area (Å²) < 4.78 is 16.7. The highest BCUT2D eigenvalue weighted by atomic mass is 16.5. The van der Waals surface area contributed by atoms with Gasteiger partial charge in [0.2, 0.25) is 0 Å². The van der Waals surface area contributed by atoms with Crippen LogP contribution in [0.15, 0.2) is 47.1 Å². The van der Waals surface area contributed by atoms with Gasteiger partial charge in [0, 0.05) is 29.8 Å². The summed E-state index contributed by atoms with van der Waals surface area (Å²) in [6.45, 7) is 11.4. The number of aromatic nitrogens is 1. The molecule has 0 saturated heterocycles. The number of fused-ring (bicyclic) bond motifs is 1. The molecule has 1 aliphatic rings. The number of furan rings is 1. The molecule has 6 heteroatoms. The first-order valence-electron chi connectivity index (χ1n) is 11.9. The summed E-state index contributed by atoms with van der Waals surface area (Å²) in [5, 5.41) is 4.70. The van der Waals surface area contributed by atoms with Gasteiger partial charge in [-0.1, -0.05) is 20.8 Å². The fraction of sp³-hybridized carbons (Fsp3) is 0.481. The lowest BCUT2D eigenvalue weighted by Crippen LogP contribution is -2.17. The van der Waals surface area contributed by atoms with E-state index in [0.29, 0.717) is 18.9 Å². The van der Waals surface area contributed by atoms with Crippen LogP contribution in [0.5, 0.6) is 5.75 Å². The number of pyridine rings is 1. The Morgan fingerprint density at radius 3 is 2.61 bits per heavy atom. The molecule has 1 fully saturated rings. The SMILES string of the molecule is CCOC(=O)CC.Cc1c(C(Nc2cccnc2)C(C)C)oc2ccc(OCC3CC3)cc12. The Morgan fingerprint density at radius 1 is 1.24 bits per heavy atom. The van der Waals surface area contributed by atoms with Gasteiger partial charge in [-0.05, 0) is 68.9 Å². The van der Waals surface area contributed by atoms with Crippen LogP contribution in [-0.2, 0) is 9.53 Å². The van der Waals surface area contributed by atoms with Gasteiger partial charge in [0.15, 0.2) is 0 Å². The number of aryl methyl sites for hydroxylation is 1. The highest BCUT2D eigenvalue weighted by Crippen LogP contribution is 2.37. The van der Waals surface area contributed by atoms with Crippen molar-refractivity contribution in [1.82, 2.24) is 4.98 Å². The molecule has 2 heterocycles. The number of esters is 1. The maximum Gasteiger partial charge on any atom is 0.305 e. The molecule has 33 heavy (non-hydrogen) atoms. The Kier molecular flexibility index (Phi) is 8.75. The molecule has 1 aliphatic carbocycles. The summed E-state index contributed by atoms with van der Waals surface area (Å²) in [6.07, 6.45) is 6.70. The van der Waals surface area contributed by atoms with Crippen molar-refractivity contribution < 1.29 is 18.7 Å². The van der Waals surface area contributed by atoms with Gasteiger partial charge in [-0.25, -0.2) is 0 Å². The van der Waals surface area contributed by atoms with Crippen LogP contribution in [0, 0.1) is 18.8 Å². The largest absolute Gasteiger partial charge is 0.493 e. The van der Waals surface area contributed by atoms with E-state index >= 15 is 0 Å². The molecule has 1 saturated carbocycles. The third-order valence-corrected chi connectivity index (χ3v) is 5.65. The van der Waals surface area contributed by atoms with E-state index in [2.05, 4.69) is 41.9 Å². The second-order valence-electron chi connectivity index (χ2n) is 8.77. The quantitative estimate of drug-likeness (QED) is 0.364. The summed E-state index contributed by atoms with van der Waals surface area (Å²) in [7, 11) is 0. The number of carbonyl (C=O) groups excluding carboxylic acids is 1. The highest BCUT2D eigenvalue weighted by molar-refractivity contribution is 5.83. The van der Waals surface area contributed by atoms with Crippen LogP contribution >= 0.6 is 0 Å². The van der Waals surface area contributed by atoms with Gasteiger partial charge in [-0.15, -0.1) is 0 Å². The molecule has 2 aromatic heterocycles. The van der Waals surface area contributed by atoms with Crippen LogP contribution in [0.25, 0.3) is 11.0 Å². The van der Waals surface area contributed by atoms with E-state index in [1.165, 1.54) is 18.4 Å². The fourth-order valence-electron chi connectivity index (χ4n) is 3.53. The van der Waals surface area contributed by atoms with Crippen LogP contribution in [0.3, 0.4) is 0 Å². The zero-order valence-electron chi connectivity index (χ0n) is 20.4. The van der Waals surface area contributed by atoms with Crippen LogP contribution in [-0.4, -0.2) is 24.2 Å². The fourth-order valence-corrected chi connectivity index (χ4v) is 3.53. The van der Waals surface area contributed by atoms with E-state index < -0.39 is 0 Å². The lowest BCUT2D eigenvalue weighted by molar-refractivity contribution is -0.142. The Labute approximate surface area is 196 Å². The maximum absolute atomic E-state index is 10.2. The number of carbonyl (C=O) groups is 1. The third-order valence-electron chi connectivity index (χ3n) is 5.65. The molecule has 0 radical (unpaired) electrons. The number of rotatable bonds is 9. The summed E-state index contributed by atoms with van der Waals surface area (Å²) in [6, 6.07) is 10.2. The number of hydrogen-bond acceptors (Lipinski definition) is 6. The van der Waals surface area contributed by atoms with Crippen molar-refractivity contribution >= 4 is 22.6 Å². The Balaban J connectivity index is 0.000000383. The number of nitrogens with zero attached hydrogens (tertiary/aromatic N) is 1. The average molecular weight is 453 g/mol. The predicted molar refractivity (Wildman–Crippen MR) is 132 cm³/mol. The Hall–Kier alpha value is -3.02. The normalized spacial score (nSPS) is 13.9. The van der Waals surface area contributed by atoms with Crippen molar-refractivity contribution in [3.63, 3.8) is 0 Å². The molecule has 0 spiro atoms. The number of ether oxygens (including phenoxy) is 2. The molecular formula is C27H36N2O4. The molecule has 3 aromatic rings. The summed E-state index contributed by atoms with van der Waals surface area (Å²) in [4.78, 5) is 14.4. The first-order valence-corrected chi connectivity index (χ1v) is 11.9. The van der Waals surface area contributed by atoms with Gasteiger partial charge in [0.1, 0.15) is 17.1 Å². The van der Waals surface area contributed by atoms with Crippen molar-refractivity contribution in [1.29, 1.82) is 0 Å². The van der Waals surface area contributed by atoms with E-state index in [4.69, 9.17) is 9.15 Å². The van der Waals surface area contributed by atoms with E-state index in [-0.39, 0.29) is 12.0 Å². The highest BCUT2D eigenvalue weighted by Gasteiger charge is 2.25. The zero-order valence-corrected chi connectivity index (χ0v) is 20.4. The third kappa shape index (κ3) is 6.98. The summed E-state index contributed by atoms with van der Waals surface area (Å²) in [5.74, 6) is 2.92. The van der Waals surface area contributed by atoms with Gasteiger partial charge >= 0.3 is 5.97 Å². The smallest absolute Gasteiger partial charge is 0.305 e. The molecule has 6 nitrogen and oxygen atoms in total. The number of nitrogens with one attached hydrogen (secondary N) is 1. The predicted octanol–water partition coefficient (Wildman–Crippen LogP) is 6.69. The first-order chi connectivity index (χ1) is 15.9. The van der Waals surface area contributed by atoms with Crippen LogP contribution < -0.4 is 10.1 Å². The van der Waals surface area contributed by atoms with Crippen molar-refractivity contribution in [2.75, 3.05) is 18.5 Å². The maximum atomic E-state index is 10.2. The second kappa shape index (κ2) is 11.7.